The van der Waals surface area contributed by atoms with Gasteiger partial charge in [-0.25, -0.2) is 9.18 Å². The number of carboxylic acids is 1. The Kier molecular flexibility index (Phi) is 5.21. The molecule has 8 nitrogen and oxygen atoms in total. The highest BCUT2D eigenvalue weighted by atomic mass is 19.1. The van der Waals surface area contributed by atoms with Gasteiger partial charge in [-0.15, -0.1) is 0 Å². The van der Waals surface area contributed by atoms with E-state index in [-0.39, 0.29) is 18.0 Å². The van der Waals surface area contributed by atoms with Gasteiger partial charge in [0.1, 0.15) is 5.69 Å². The van der Waals surface area contributed by atoms with Crippen LogP contribution in [0.2, 0.25) is 0 Å². The molecule has 1 unspecified atom stereocenters. The highest BCUT2D eigenvalue weighted by Gasteiger charge is 2.22. The van der Waals surface area contributed by atoms with Gasteiger partial charge in [0.05, 0.1) is 24.6 Å². The third kappa shape index (κ3) is 3.54. The van der Waals surface area contributed by atoms with Gasteiger partial charge >= 0.3 is 5.97 Å². The molecule has 0 radical (unpaired) electrons. The van der Waals surface area contributed by atoms with E-state index in [2.05, 4.69) is 10.1 Å². The molecule has 0 aliphatic heterocycles. The molecule has 1 atom stereocenters. The third-order valence-electron chi connectivity index (χ3n) is 2.50. The molecule has 20 heavy (non-hydrogen) atoms. The molecule has 0 fully saturated rings. The highest BCUT2D eigenvalue weighted by Crippen LogP contribution is 2.31. The number of carbonyl (C=O) groups is 1. The molecule has 0 aromatic heterocycles. The van der Waals surface area contributed by atoms with Crippen LogP contribution in [0.15, 0.2) is 12.1 Å². The van der Waals surface area contributed by atoms with Crippen LogP contribution in [0.1, 0.15) is 0 Å². The summed E-state index contributed by atoms with van der Waals surface area (Å²) >= 11 is 0. The van der Waals surface area contributed by atoms with Crippen molar-refractivity contribution in [2.24, 2.45) is 0 Å². The topological polar surface area (TPSA) is 111 Å². The van der Waals surface area contributed by atoms with E-state index >= 15 is 0 Å². The summed E-state index contributed by atoms with van der Waals surface area (Å²) in [6.07, 6.45) is -1.19. The van der Waals surface area contributed by atoms with Gasteiger partial charge in [-0.3, -0.25) is 10.1 Å². The minimum absolute atomic E-state index is 0.0587. The second-order valence-corrected chi connectivity index (χ2v) is 3.70. The summed E-state index contributed by atoms with van der Waals surface area (Å²) < 4.78 is 22.8. The Morgan fingerprint density at radius 1 is 1.55 bits per heavy atom. The lowest BCUT2D eigenvalue weighted by Crippen LogP contribution is -2.30. The van der Waals surface area contributed by atoms with Crippen LogP contribution in [-0.2, 0) is 9.53 Å². The zero-order chi connectivity index (χ0) is 15.3. The van der Waals surface area contributed by atoms with Crippen molar-refractivity contribution in [1.82, 2.24) is 0 Å². The first-order valence-electron chi connectivity index (χ1n) is 5.42. The van der Waals surface area contributed by atoms with Gasteiger partial charge in [-0.2, -0.15) is 0 Å². The number of nitro groups is 1. The number of methoxy groups -OCH3 is 2. The lowest BCUT2D eigenvalue weighted by molar-refractivity contribution is -0.384. The minimum Gasteiger partial charge on any atom is -0.494 e. The van der Waals surface area contributed by atoms with Crippen LogP contribution >= 0.6 is 0 Å². The number of hydrogen-bond donors (Lipinski definition) is 2. The Bertz CT molecular complexity index is 522. The van der Waals surface area contributed by atoms with Crippen molar-refractivity contribution < 1.29 is 28.7 Å². The fraction of sp³-hybridized carbons (Fsp3) is 0.364. The van der Waals surface area contributed by atoms with Gasteiger partial charge in [0.25, 0.3) is 5.69 Å². The zero-order valence-electron chi connectivity index (χ0n) is 10.8. The average molecular weight is 288 g/mol. The summed E-state index contributed by atoms with van der Waals surface area (Å²) in [7, 11) is 2.41. The van der Waals surface area contributed by atoms with Crippen LogP contribution in [0.25, 0.3) is 0 Å². The number of nitrogens with zero attached hydrogens (tertiary/aromatic N) is 1. The first-order valence-corrected chi connectivity index (χ1v) is 5.42. The van der Waals surface area contributed by atoms with Crippen molar-refractivity contribution in [2.75, 3.05) is 26.1 Å². The van der Waals surface area contributed by atoms with E-state index in [0.29, 0.717) is 6.07 Å². The van der Waals surface area contributed by atoms with Gasteiger partial charge in [-0.1, -0.05) is 0 Å². The van der Waals surface area contributed by atoms with E-state index in [9.17, 15) is 19.3 Å². The maximum absolute atomic E-state index is 13.4. The Hall–Kier alpha value is -2.42. The standard InChI is InChI=1S/C11H13FN2O6/c1-19-9-4-7(8(14(17)18)3-6(9)12)13-5-10(20-2)11(15)16/h3-4,10,13H,5H2,1-2H3,(H,15,16). The first kappa shape index (κ1) is 15.6. The van der Waals surface area contributed by atoms with Gasteiger partial charge in [0.2, 0.25) is 0 Å². The second-order valence-electron chi connectivity index (χ2n) is 3.70. The van der Waals surface area contributed by atoms with Crippen molar-refractivity contribution in [1.29, 1.82) is 0 Å². The molecule has 0 aliphatic carbocycles. The van der Waals surface area contributed by atoms with Crippen LogP contribution in [0, 0.1) is 15.9 Å². The number of anilines is 1. The molecular formula is C11H13FN2O6. The number of nitro benzene ring substituents is 1. The molecule has 0 heterocycles. The van der Waals surface area contributed by atoms with Crippen molar-refractivity contribution in [3.8, 4) is 5.75 Å². The number of hydrogen-bond acceptors (Lipinski definition) is 6. The number of nitrogens with one attached hydrogen (secondary N) is 1. The normalized spacial score (nSPS) is 11.8. The number of halogens is 1. The molecule has 2 N–H and O–H groups in total. The van der Waals surface area contributed by atoms with E-state index in [0.717, 1.165) is 6.07 Å². The lowest BCUT2D eigenvalue weighted by Gasteiger charge is -2.13. The molecule has 0 spiro atoms. The molecular weight excluding hydrogens is 275 g/mol. The molecule has 0 amide bonds. The molecule has 9 heteroatoms. The first-order chi connectivity index (χ1) is 9.40. The number of carboxylic acid groups (broad SMARTS) is 1. The Balaban J connectivity index is 3.03. The predicted molar refractivity (Wildman–Crippen MR) is 66.5 cm³/mol. The number of benzene rings is 1. The van der Waals surface area contributed by atoms with E-state index in [1.54, 1.807) is 0 Å². The highest BCUT2D eigenvalue weighted by molar-refractivity contribution is 5.74. The summed E-state index contributed by atoms with van der Waals surface area (Å²) in [6.45, 7) is -0.221. The summed E-state index contributed by atoms with van der Waals surface area (Å²) in [5.74, 6) is -2.30. The Labute approximate surface area is 113 Å². The van der Waals surface area contributed by atoms with Gasteiger partial charge in [0, 0.05) is 13.2 Å². The van der Waals surface area contributed by atoms with Gasteiger partial charge in [-0.05, 0) is 0 Å². The molecule has 0 saturated heterocycles. The van der Waals surface area contributed by atoms with Crippen LogP contribution in [0.5, 0.6) is 5.75 Å². The van der Waals surface area contributed by atoms with Crippen LogP contribution in [-0.4, -0.2) is 42.9 Å². The fourth-order valence-corrected chi connectivity index (χ4v) is 1.47. The maximum atomic E-state index is 13.4. The minimum atomic E-state index is -1.23. The van der Waals surface area contributed by atoms with Crippen LogP contribution < -0.4 is 10.1 Å². The third-order valence-corrected chi connectivity index (χ3v) is 2.50. The number of rotatable bonds is 7. The Morgan fingerprint density at radius 2 is 2.20 bits per heavy atom. The van der Waals surface area contributed by atoms with Crippen molar-refractivity contribution in [3.05, 3.63) is 28.1 Å². The molecule has 0 bridgehead atoms. The van der Waals surface area contributed by atoms with Gasteiger partial charge < -0.3 is 19.9 Å². The SMILES string of the molecule is COc1cc(NCC(OC)C(=O)O)c([N+](=O)[O-])cc1F. The smallest absolute Gasteiger partial charge is 0.334 e. The van der Waals surface area contributed by atoms with E-state index in [4.69, 9.17) is 9.84 Å². The number of aliphatic carboxylic acids is 1. The van der Waals surface area contributed by atoms with Crippen molar-refractivity contribution in [2.45, 2.75) is 6.10 Å². The Morgan fingerprint density at radius 3 is 2.65 bits per heavy atom. The van der Waals surface area contributed by atoms with E-state index < -0.39 is 28.5 Å². The van der Waals surface area contributed by atoms with Crippen molar-refractivity contribution >= 4 is 17.3 Å². The summed E-state index contributed by atoms with van der Waals surface area (Å²) in [4.78, 5) is 20.8. The molecule has 1 rings (SSSR count). The average Bonchev–Trinajstić information content (AvgIpc) is 2.39. The molecule has 0 aliphatic rings. The van der Waals surface area contributed by atoms with Crippen LogP contribution in [0.3, 0.4) is 0 Å². The summed E-state index contributed by atoms with van der Waals surface area (Å²) in [6, 6.07) is 1.78. The van der Waals surface area contributed by atoms with Crippen LogP contribution in [0.4, 0.5) is 15.8 Å². The summed E-state index contributed by atoms with van der Waals surface area (Å²) in [5, 5.41) is 22.2. The predicted octanol–water partition coefficient (Wildman–Crippen LogP) is 1.25. The van der Waals surface area contributed by atoms with Gasteiger partial charge in [0.15, 0.2) is 17.7 Å². The maximum Gasteiger partial charge on any atom is 0.334 e. The quantitative estimate of drug-likeness (QED) is 0.573. The molecule has 110 valence electrons. The van der Waals surface area contributed by atoms with Crippen molar-refractivity contribution in [3.63, 3.8) is 0 Å². The zero-order valence-corrected chi connectivity index (χ0v) is 10.8. The summed E-state index contributed by atoms with van der Waals surface area (Å²) in [5.41, 5.74) is -0.583. The monoisotopic (exact) mass is 288 g/mol. The molecule has 1 aromatic rings. The fourth-order valence-electron chi connectivity index (χ4n) is 1.47. The van der Waals surface area contributed by atoms with E-state index in [1.807, 2.05) is 0 Å². The van der Waals surface area contributed by atoms with E-state index in [1.165, 1.54) is 14.2 Å². The largest absolute Gasteiger partial charge is 0.494 e. The molecule has 1 aromatic carbocycles. The second kappa shape index (κ2) is 6.66. The lowest BCUT2D eigenvalue weighted by atomic mass is 10.2. The molecule has 0 saturated carbocycles. The number of ether oxygens (including phenoxy) is 2.